The maximum Gasteiger partial charge on any atom is 0.310 e. The van der Waals surface area contributed by atoms with Gasteiger partial charge in [-0.3, -0.25) is 9.59 Å². The van der Waals surface area contributed by atoms with Gasteiger partial charge in [0.2, 0.25) is 5.91 Å². The smallest absolute Gasteiger partial charge is 0.310 e. The number of benzene rings is 1. The Labute approximate surface area is 151 Å². The highest BCUT2D eigenvalue weighted by atomic mass is 79.9. The second kappa shape index (κ2) is 5.31. The lowest BCUT2D eigenvalue weighted by molar-refractivity contribution is -0.145. The molecule has 0 unspecified atom stereocenters. The fraction of sp³-hybridized carbons (Fsp3) is 0.529. The predicted octanol–water partition coefficient (Wildman–Crippen LogP) is 3.58. The molecule has 0 radical (unpaired) electrons. The van der Waals surface area contributed by atoms with Crippen LogP contribution in [0.1, 0.15) is 17.5 Å². The number of anilines is 1. The number of fused-ring (bicyclic) bond motifs is 1. The van der Waals surface area contributed by atoms with Gasteiger partial charge in [0.1, 0.15) is 6.10 Å². The molecule has 122 valence electrons. The Morgan fingerprint density at radius 1 is 1.26 bits per heavy atom. The molecule has 1 N–H and O–H groups in total. The van der Waals surface area contributed by atoms with Crippen LogP contribution in [0.5, 0.6) is 0 Å². The van der Waals surface area contributed by atoms with Crippen molar-refractivity contribution in [3.8, 4) is 0 Å². The van der Waals surface area contributed by atoms with E-state index in [9.17, 15) is 9.59 Å². The average molecular weight is 443 g/mol. The van der Waals surface area contributed by atoms with Crippen molar-refractivity contribution in [1.82, 2.24) is 0 Å². The standard InChI is InChI=1S/C17H17Br2NO3/c1-6-4-11(7(2)3-10(6)18)20-16(21)12-8-5-9-13(12)17(22)23-15(9)14(8)19/h3-4,8-9,12-15H,5H2,1-2H3,(H,20,21)/t8-,9-,12-,13+,14+,15+/m1/s1. The molecule has 23 heavy (non-hydrogen) atoms. The SMILES string of the molecule is Cc1cc(NC(=O)[C@@H]2[C@H]3C[C@H]4[C@H](OC(=O)[C@@H]42)[C@H]3Br)c(C)cc1Br. The summed E-state index contributed by atoms with van der Waals surface area (Å²) in [6.45, 7) is 3.96. The van der Waals surface area contributed by atoms with Crippen LogP contribution in [0.25, 0.3) is 0 Å². The highest BCUT2D eigenvalue weighted by molar-refractivity contribution is 9.10. The fourth-order valence-electron chi connectivity index (χ4n) is 4.46. The summed E-state index contributed by atoms with van der Waals surface area (Å²) >= 11 is 7.14. The molecule has 4 nitrogen and oxygen atoms in total. The van der Waals surface area contributed by atoms with Crippen molar-refractivity contribution in [2.24, 2.45) is 23.7 Å². The highest BCUT2D eigenvalue weighted by Gasteiger charge is 2.67. The molecule has 0 spiro atoms. The van der Waals surface area contributed by atoms with Gasteiger partial charge < -0.3 is 10.1 Å². The summed E-state index contributed by atoms with van der Waals surface area (Å²) < 4.78 is 6.49. The predicted molar refractivity (Wildman–Crippen MR) is 93.4 cm³/mol. The van der Waals surface area contributed by atoms with E-state index in [1.165, 1.54) is 0 Å². The lowest BCUT2D eigenvalue weighted by Crippen LogP contribution is -2.40. The maximum absolute atomic E-state index is 12.9. The Morgan fingerprint density at radius 3 is 2.74 bits per heavy atom. The molecule has 3 aliphatic rings. The quantitative estimate of drug-likeness (QED) is 0.562. The second-order valence-corrected chi connectivity index (χ2v) is 8.78. The van der Waals surface area contributed by atoms with E-state index in [1.54, 1.807) is 0 Å². The van der Waals surface area contributed by atoms with E-state index in [4.69, 9.17) is 4.74 Å². The first-order valence-corrected chi connectivity index (χ1v) is 9.51. The van der Waals surface area contributed by atoms with E-state index in [0.717, 1.165) is 27.7 Å². The van der Waals surface area contributed by atoms with Crippen LogP contribution in [0.4, 0.5) is 5.69 Å². The molecule has 2 saturated carbocycles. The average Bonchev–Trinajstić information content (AvgIpc) is 3.08. The number of nitrogens with one attached hydrogen (secondary N) is 1. The molecule has 2 bridgehead atoms. The number of esters is 1. The summed E-state index contributed by atoms with van der Waals surface area (Å²) in [4.78, 5) is 25.1. The Bertz CT molecular complexity index is 720. The largest absolute Gasteiger partial charge is 0.461 e. The van der Waals surface area contributed by atoms with Crippen molar-refractivity contribution in [1.29, 1.82) is 0 Å². The van der Waals surface area contributed by atoms with Crippen LogP contribution in [-0.2, 0) is 14.3 Å². The first-order chi connectivity index (χ1) is 10.9. The minimum Gasteiger partial charge on any atom is -0.461 e. The number of ether oxygens (including phenoxy) is 1. The molecule has 3 fully saturated rings. The highest BCUT2D eigenvalue weighted by Crippen LogP contribution is 2.60. The summed E-state index contributed by atoms with van der Waals surface area (Å²) in [6.07, 6.45) is 0.853. The van der Waals surface area contributed by atoms with Crippen LogP contribution in [-0.4, -0.2) is 22.8 Å². The van der Waals surface area contributed by atoms with Crippen LogP contribution < -0.4 is 5.32 Å². The number of alkyl halides is 1. The summed E-state index contributed by atoms with van der Waals surface area (Å²) in [6, 6.07) is 3.96. The van der Waals surface area contributed by atoms with Gasteiger partial charge in [-0.25, -0.2) is 0 Å². The topological polar surface area (TPSA) is 55.4 Å². The minimum atomic E-state index is -0.293. The first-order valence-electron chi connectivity index (χ1n) is 7.80. The Hall–Kier alpha value is -0.880. The first kappa shape index (κ1) is 15.6. The molecule has 2 aliphatic carbocycles. The number of aryl methyl sites for hydroxylation is 2. The Kier molecular flexibility index (Phi) is 3.61. The third kappa shape index (κ3) is 2.21. The van der Waals surface area contributed by atoms with Gasteiger partial charge in [0.25, 0.3) is 0 Å². The van der Waals surface area contributed by atoms with Crippen molar-refractivity contribution in [2.45, 2.75) is 31.2 Å². The van der Waals surface area contributed by atoms with E-state index in [0.29, 0.717) is 0 Å². The normalized spacial score (nSPS) is 37.1. The molecule has 1 aromatic carbocycles. The van der Waals surface area contributed by atoms with E-state index >= 15 is 0 Å². The monoisotopic (exact) mass is 441 g/mol. The van der Waals surface area contributed by atoms with Crippen molar-refractivity contribution in [2.75, 3.05) is 5.32 Å². The molecular weight excluding hydrogens is 426 g/mol. The molecule has 1 aromatic rings. The lowest BCUT2D eigenvalue weighted by atomic mass is 9.79. The number of amides is 1. The second-order valence-electron chi connectivity index (χ2n) is 6.87. The molecule has 1 saturated heterocycles. The molecule has 6 atom stereocenters. The molecule has 4 rings (SSSR count). The number of hydrogen-bond acceptors (Lipinski definition) is 3. The molecular formula is C17H17Br2NO3. The van der Waals surface area contributed by atoms with Gasteiger partial charge in [-0.2, -0.15) is 0 Å². The maximum atomic E-state index is 12.9. The number of hydrogen-bond donors (Lipinski definition) is 1. The van der Waals surface area contributed by atoms with Gasteiger partial charge >= 0.3 is 5.97 Å². The zero-order valence-corrected chi connectivity index (χ0v) is 16.0. The molecule has 1 aliphatic heterocycles. The number of rotatable bonds is 2. The van der Waals surface area contributed by atoms with Crippen LogP contribution in [0, 0.1) is 37.5 Å². The van der Waals surface area contributed by atoms with E-state index in [-0.39, 0.29) is 46.5 Å². The number of carbonyl (C=O) groups is 2. The third-order valence-corrected chi connectivity index (χ3v) is 7.64. The van der Waals surface area contributed by atoms with Crippen molar-refractivity contribution in [3.05, 3.63) is 27.7 Å². The zero-order valence-electron chi connectivity index (χ0n) is 12.8. The number of carbonyl (C=O) groups excluding carboxylic acids is 2. The van der Waals surface area contributed by atoms with Crippen molar-refractivity contribution >= 4 is 49.4 Å². The van der Waals surface area contributed by atoms with Gasteiger partial charge in [-0.15, -0.1) is 0 Å². The lowest BCUT2D eigenvalue weighted by Gasteiger charge is -2.27. The van der Waals surface area contributed by atoms with Crippen molar-refractivity contribution < 1.29 is 14.3 Å². The minimum absolute atomic E-state index is 0.0433. The Morgan fingerprint density at radius 2 is 2.00 bits per heavy atom. The summed E-state index contributed by atoms with van der Waals surface area (Å²) in [7, 11) is 0. The van der Waals surface area contributed by atoms with Crippen LogP contribution >= 0.6 is 31.9 Å². The summed E-state index contributed by atoms with van der Waals surface area (Å²) in [5.41, 5.74) is 2.88. The van der Waals surface area contributed by atoms with E-state index in [1.807, 2.05) is 26.0 Å². The fourth-order valence-corrected chi connectivity index (χ4v) is 5.96. The van der Waals surface area contributed by atoms with Gasteiger partial charge in [-0.05, 0) is 49.4 Å². The molecule has 1 amide bonds. The molecule has 6 heteroatoms. The van der Waals surface area contributed by atoms with E-state index < -0.39 is 0 Å². The number of halogens is 2. The van der Waals surface area contributed by atoms with Crippen LogP contribution in [0.3, 0.4) is 0 Å². The Balaban J connectivity index is 1.61. The third-order valence-electron chi connectivity index (χ3n) is 5.59. The van der Waals surface area contributed by atoms with Gasteiger partial charge in [0, 0.05) is 16.1 Å². The van der Waals surface area contributed by atoms with Crippen LogP contribution in [0.15, 0.2) is 16.6 Å². The van der Waals surface area contributed by atoms with Gasteiger partial charge in [0.05, 0.1) is 16.7 Å². The zero-order chi connectivity index (χ0) is 16.5. The molecule has 1 heterocycles. The van der Waals surface area contributed by atoms with Gasteiger partial charge in [0.15, 0.2) is 0 Å². The molecule has 0 aromatic heterocycles. The van der Waals surface area contributed by atoms with E-state index in [2.05, 4.69) is 37.2 Å². The van der Waals surface area contributed by atoms with Gasteiger partial charge in [-0.1, -0.05) is 31.9 Å². The summed E-state index contributed by atoms with van der Waals surface area (Å²) in [5.74, 6) is -0.448. The van der Waals surface area contributed by atoms with Crippen LogP contribution in [0.2, 0.25) is 0 Å². The van der Waals surface area contributed by atoms with Crippen molar-refractivity contribution in [3.63, 3.8) is 0 Å². The summed E-state index contributed by atoms with van der Waals surface area (Å²) in [5, 5.41) is 3.04.